The third-order valence-corrected chi connectivity index (χ3v) is 3.41. The summed E-state index contributed by atoms with van der Waals surface area (Å²) in [5.74, 6) is 0.605. The van der Waals surface area contributed by atoms with Crippen LogP contribution in [0, 0.1) is 5.41 Å². The van der Waals surface area contributed by atoms with Crippen LogP contribution in [0.5, 0.6) is 5.75 Å². The summed E-state index contributed by atoms with van der Waals surface area (Å²) in [5, 5.41) is 9.53. The van der Waals surface area contributed by atoms with Crippen LogP contribution in [0.4, 0.5) is 4.79 Å². The van der Waals surface area contributed by atoms with E-state index in [9.17, 15) is 4.79 Å². The van der Waals surface area contributed by atoms with Crippen LogP contribution in [0.2, 0.25) is 5.15 Å². The van der Waals surface area contributed by atoms with Crippen molar-refractivity contribution in [3.05, 3.63) is 23.5 Å². The Balaban J connectivity index is 2.09. The predicted molar refractivity (Wildman–Crippen MR) is 71.6 cm³/mol. The van der Waals surface area contributed by atoms with E-state index in [0.717, 1.165) is 0 Å². The van der Waals surface area contributed by atoms with Crippen LogP contribution in [-0.2, 0) is 0 Å². The molecule has 0 aromatic carbocycles. The standard InChI is InChI=1S/C13H17ClN2O3/c1-13(2,3)11-9(7-16(11)12(17)18)19-8-4-5-10(14)15-6-8/h4-6,9,11H,7H2,1-3H3,(H,17,18). The first kappa shape index (κ1) is 13.9. The van der Waals surface area contributed by atoms with E-state index in [1.165, 1.54) is 4.90 Å². The molecule has 2 heterocycles. The predicted octanol–water partition coefficient (Wildman–Crippen LogP) is 2.89. The van der Waals surface area contributed by atoms with Crippen molar-refractivity contribution >= 4 is 17.7 Å². The van der Waals surface area contributed by atoms with Crippen LogP contribution in [0.3, 0.4) is 0 Å². The average Bonchev–Trinajstić information content (AvgIpc) is 2.23. The summed E-state index contributed by atoms with van der Waals surface area (Å²) in [5.41, 5.74) is -0.179. The van der Waals surface area contributed by atoms with Gasteiger partial charge in [0.2, 0.25) is 0 Å². The molecular formula is C13H17ClN2O3. The van der Waals surface area contributed by atoms with Crippen molar-refractivity contribution < 1.29 is 14.6 Å². The van der Waals surface area contributed by atoms with Crippen molar-refractivity contribution in [2.75, 3.05) is 6.54 Å². The molecule has 0 aliphatic carbocycles. The van der Waals surface area contributed by atoms with Crippen molar-refractivity contribution in [3.8, 4) is 5.75 Å². The minimum atomic E-state index is -0.908. The van der Waals surface area contributed by atoms with Gasteiger partial charge in [-0.1, -0.05) is 32.4 Å². The minimum absolute atomic E-state index is 0.154. The van der Waals surface area contributed by atoms with E-state index in [0.29, 0.717) is 17.4 Å². The lowest BCUT2D eigenvalue weighted by Crippen LogP contribution is -2.68. The van der Waals surface area contributed by atoms with Gasteiger partial charge < -0.3 is 9.84 Å². The SMILES string of the molecule is CC(C)(C)C1C(Oc2ccc(Cl)nc2)CN1C(=O)O. The van der Waals surface area contributed by atoms with Gasteiger partial charge in [-0.05, 0) is 17.5 Å². The Labute approximate surface area is 117 Å². The van der Waals surface area contributed by atoms with Crippen molar-refractivity contribution in [2.24, 2.45) is 5.41 Å². The maximum Gasteiger partial charge on any atom is 0.407 e. The van der Waals surface area contributed by atoms with Crippen LogP contribution in [0.1, 0.15) is 20.8 Å². The van der Waals surface area contributed by atoms with Crippen molar-refractivity contribution in [1.29, 1.82) is 0 Å². The Hall–Kier alpha value is -1.49. The summed E-state index contributed by atoms with van der Waals surface area (Å²) in [7, 11) is 0. The molecule has 1 saturated heterocycles. The Morgan fingerprint density at radius 2 is 2.21 bits per heavy atom. The molecule has 104 valence electrons. The fraction of sp³-hybridized carbons (Fsp3) is 0.538. The zero-order valence-corrected chi connectivity index (χ0v) is 11.9. The number of rotatable bonds is 2. The Morgan fingerprint density at radius 1 is 1.53 bits per heavy atom. The molecule has 1 aromatic heterocycles. The lowest BCUT2D eigenvalue weighted by atomic mass is 9.77. The quantitative estimate of drug-likeness (QED) is 0.848. The minimum Gasteiger partial charge on any atom is -0.485 e. The second-order valence-corrected chi connectivity index (χ2v) is 6.11. The molecule has 1 aliphatic heterocycles. The maximum atomic E-state index is 11.1. The molecule has 0 radical (unpaired) electrons. The molecule has 1 amide bonds. The van der Waals surface area contributed by atoms with Gasteiger partial charge in [0.1, 0.15) is 17.0 Å². The summed E-state index contributed by atoms with van der Waals surface area (Å²) in [6.45, 7) is 6.38. The summed E-state index contributed by atoms with van der Waals surface area (Å²) in [4.78, 5) is 16.5. The molecule has 2 rings (SSSR count). The monoisotopic (exact) mass is 284 g/mol. The van der Waals surface area contributed by atoms with Crippen LogP contribution < -0.4 is 4.74 Å². The van der Waals surface area contributed by atoms with E-state index in [1.54, 1.807) is 18.3 Å². The highest BCUT2D eigenvalue weighted by molar-refractivity contribution is 6.29. The Kier molecular flexibility index (Phi) is 3.58. The van der Waals surface area contributed by atoms with Crippen LogP contribution >= 0.6 is 11.6 Å². The first-order valence-corrected chi connectivity index (χ1v) is 6.44. The van der Waals surface area contributed by atoms with E-state index in [-0.39, 0.29) is 17.6 Å². The van der Waals surface area contributed by atoms with Crippen molar-refractivity contribution in [3.63, 3.8) is 0 Å². The molecular weight excluding hydrogens is 268 g/mol. The van der Waals surface area contributed by atoms with E-state index in [1.807, 2.05) is 20.8 Å². The van der Waals surface area contributed by atoms with E-state index >= 15 is 0 Å². The van der Waals surface area contributed by atoms with Gasteiger partial charge in [-0.25, -0.2) is 9.78 Å². The molecule has 1 N–H and O–H groups in total. The highest BCUT2D eigenvalue weighted by Crippen LogP contribution is 2.36. The number of nitrogens with zero attached hydrogens (tertiary/aromatic N) is 2. The number of aromatic nitrogens is 1. The first-order valence-electron chi connectivity index (χ1n) is 6.07. The molecule has 19 heavy (non-hydrogen) atoms. The number of ether oxygens (including phenoxy) is 1. The fourth-order valence-corrected chi connectivity index (χ4v) is 2.51. The second-order valence-electron chi connectivity index (χ2n) is 5.72. The number of carbonyl (C=O) groups is 1. The van der Waals surface area contributed by atoms with Gasteiger partial charge in [0.15, 0.2) is 0 Å². The van der Waals surface area contributed by atoms with Crippen LogP contribution in [0.25, 0.3) is 0 Å². The average molecular weight is 285 g/mol. The summed E-state index contributed by atoms with van der Waals surface area (Å²) in [6.07, 6.45) is 0.485. The Morgan fingerprint density at radius 3 is 2.68 bits per heavy atom. The zero-order chi connectivity index (χ0) is 14.2. The molecule has 1 fully saturated rings. The van der Waals surface area contributed by atoms with E-state index in [4.69, 9.17) is 21.4 Å². The highest BCUT2D eigenvalue weighted by Gasteiger charge is 2.50. The summed E-state index contributed by atoms with van der Waals surface area (Å²) >= 11 is 5.71. The zero-order valence-electron chi connectivity index (χ0n) is 11.1. The third kappa shape index (κ3) is 2.92. The molecule has 0 spiro atoms. The van der Waals surface area contributed by atoms with Crippen molar-refractivity contribution in [1.82, 2.24) is 9.88 Å². The van der Waals surface area contributed by atoms with Gasteiger partial charge in [-0.3, -0.25) is 4.90 Å². The molecule has 6 heteroatoms. The van der Waals surface area contributed by atoms with Gasteiger partial charge in [0.05, 0.1) is 18.8 Å². The van der Waals surface area contributed by atoms with Gasteiger partial charge in [0.25, 0.3) is 0 Å². The van der Waals surface area contributed by atoms with Gasteiger partial charge in [0, 0.05) is 0 Å². The molecule has 1 aliphatic rings. The Bertz CT molecular complexity index is 470. The molecule has 0 saturated carbocycles. The van der Waals surface area contributed by atoms with Gasteiger partial charge in [-0.2, -0.15) is 0 Å². The van der Waals surface area contributed by atoms with Crippen molar-refractivity contribution in [2.45, 2.75) is 32.9 Å². The normalized spacial score (nSPS) is 22.8. The lowest BCUT2D eigenvalue weighted by Gasteiger charge is -2.51. The summed E-state index contributed by atoms with van der Waals surface area (Å²) < 4.78 is 5.80. The molecule has 0 bridgehead atoms. The van der Waals surface area contributed by atoms with Gasteiger partial charge >= 0.3 is 6.09 Å². The second kappa shape index (κ2) is 4.89. The molecule has 2 unspecified atom stereocenters. The molecule has 1 aromatic rings. The number of likely N-dealkylation sites (tertiary alicyclic amines) is 1. The van der Waals surface area contributed by atoms with Crippen LogP contribution in [0.15, 0.2) is 18.3 Å². The number of halogens is 1. The maximum absolute atomic E-state index is 11.1. The van der Waals surface area contributed by atoms with Crippen LogP contribution in [-0.4, -0.2) is 39.8 Å². The first-order chi connectivity index (χ1) is 8.79. The fourth-order valence-electron chi connectivity index (χ4n) is 2.40. The number of pyridine rings is 1. The topological polar surface area (TPSA) is 62.7 Å². The molecule has 2 atom stereocenters. The van der Waals surface area contributed by atoms with Gasteiger partial charge in [-0.15, -0.1) is 0 Å². The highest BCUT2D eigenvalue weighted by atomic mass is 35.5. The number of carboxylic acid groups (broad SMARTS) is 1. The summed E-state index contributed by atoms with van der Waals surface area (Å²) in [6, 6.07) is 3.22. The third-order valence-electron chi connectivity index (χ3n) is 3.19. The number of amides is 1. The van der Waals surface area contributed by atoms with E-state index < -0.39 is 6.09 Å². The number of hydrogen-bond acceptors (Lipinski definition) is 3. The number of hydrogen-bond donors (Lipinski definition) is 1. The lowest BCUT2D eigenvalue weighted by molar-refractivity contribution is -0.0776. The molecule has 5 nitrogen and oxygen atoms in total. The smallest absolute Gasteiger partial charge is 0.407 e. The van der Waals surface area contributed by atoms with E-state index in [2.05, 4.69) is 4.98 Å². The largest absolute Gasteiger partial charge is 0.485 e.